The van der Waals surface area contributed by atoms with Crippen molar-refractivity contribution in [3.8, 4) is 0 Å². The van der Waals surface area contributed by atoms with Gasteiger partial charge in [0, 0.05) is 12.8 Å². The maximum absolute atomic E-state index is 12.5. The second-order valence-corrected chi connectivity index (χ2v) is 7.65. The fourth-order valence-corrected chi connectivity index (χ4v) is 1.86. The van der Waals surface area contributed by atoms with Crippen LogP contribution in [0.3, 0.4) is 0 Å². The lowest BCUT2D eigenvalue weighted by atomic mass is 10.1. The van der Waals surface area contributed by atoms with Crippen molar-refractivity contribution in [1.29, 1.82) is 0 Å². The molecular weight excluding hydrogens is 324 g/mol. The normalized spacial score (nSPS) is 11.8. The van der Waals surface area contributed by atoms with Crippen molar-refractivity contribution in [2.75, 3.05) is 11.5 Å². The summed E-state index contributed by atoms with van der Waals surface area (Å²) >= 11 is 0. The van der Waals surface area contributed by atoms with Crippen LogP contribution in [0, 0.1) is 0 Å². The molecule has 1 aromatic heterocycles. The number of aromatic nitrogens is 1. The molecule has 7 heteroatoms. The number of rotatable bonds is 4. The molecule has 0 aliphatic carbocycles. The van der Waals surface area contributed by atoms with E-state index in [0.717, 1.165) is 10.5 Å². The Morgan fingerprint density at radius 2 is 1.56 bits per heavy atom. The summed E-state index contributed by atoms with van der Waals surface area (Å²) < 4.78 is 10.6. The van der Waals surface area contributed by atoms with E-state index in [-0.39, 0.29) is 12.4 Å². The molecule has 140 valence electrons. The van der Waals surface area contributed by atoms with Crippen LogP contribution in [0.4, 0.5) is 15.4 Å². The number of nitrogens with zero attached hydrogens (tertiary/aromatic N) is 2. The van der Waals surface area contributed by atoms with E-state index in [0.29, 0.717) is 12.8 Å². The summed E-state index contributed by atoms with van der Waals surface area (Å²) in [7, 11) is 0. The number of aryl methyl sites for hydroxylation is 1. The molecule has 1 heterocycles. The molecule has 2 amide bonds. The van der Waals surface area contributed by atoms with Gasteiger partial charge in [-0.05, 0) is 66.0 Å². The molecule has 0 spiro atoms. The van der Waals surface area contributed by atoms with Crippen LogP contribution in [0.25, 0.3) is 0 Å². The van der Waals surface area contributed by atoms with Crippen LogP contribution in [0.15, 0.2) is 18.3 Å². The third-order valence-corrected chi connectivity index (χ3v) is 2.81. The zero-order valence-electron chi connectivity index (χ0n) is 15.8. The van der Waals surface area contributed by atoms with E-state index < -0.39 is 23.4 Å². The summed E-state index contributed by atoms with van der Waals surface area (Å²) in [6, 6.07) is 3.31. The third kappa shape index (κ3) is 7.51. The molecule has 0 aromatic carbocycles. The van der Waals surface area contributed by atoms with Crippen molar-refractivity contribution in [3.63, 3.8) is 0 Å². The number of pyridine rings is 1. The summed E-state index contributed by atoms with van der Waals surface area (Å²) in [5.74, 6) is 0.122. The molecule has 0 saturated heterocycles. The first kappa shape index (κ1) is 20.9. The number of ether oxygens (including phenoxy) is 2. The quantitative estimate of drug-likeness (QED) is 0.889. The topological polar surface area (TPSA) is 89.0 Å². The molecule has 0 bridgehead atoms. The van der Waals surface area contributed by atoms with Crippen LogP contribution < -0.4 is 4.90 Å². The molecule has 25 heavy (non-hydrogen) atoms. The summed E-state index contributed by atoms with van der Waals surface area (Å²) in [6.45, 7) is 10.4. The van der Waals surface area contributed by atoms with Crippen LogP contribution >= 0.6 is 0 Å². The smallest absolute Gasteiger partial charge is 0.425 e. The molecule has 0 fully saturated rings. The molecule has 0 radical (unpaired) electrons. The number of carbonyl (C=O) groups excluding carboxylic acids is 2. The second-order valence-electron chi connectivity index (χ2n) is 7.65. The highest BCUT2D eigenvalue weighted by Crippen LogP contribution is 2.20. The van der Waals surface area contributed by atoms with E-state index in [1.54, 1.807) is 59.9 Å². The minimum atomic E-state index is -0.850. The SMILES string of the molecule is CC(C)(C)OC(=O)N(C(=O)OC(C)(C)C)c1ccc(CCCO)cn1. The lowest BCUT2D eigenvalue weighted by Crippen LogP contribution is -2.44. The Labute approximate surface area is 148 Å². The van der Waals surface area contributed by atoms with E-state index in [4.69, 9.17) is 14.6 Å². The number of aliphatic hydroxyl groups is 1. The van der Waals surface area contributed by atoms with E-state index in [9.17, 15) is 9.59 Å². The van der Waals surface area contributed by atoms with Gasteiger partial charge in [0.2, 0.25) is 0 Å². The molecular formula is C18H28N2O5. The zero-order chi connectivity index (χ0) is 19.3. The lowest BCUT2D eigenvalue weighted by molar-refractivity contribution is 0.0429. The van der Waals surface area contributed by atoms with Crippen molar-refractivity contribution in [2.45, 2.75) is 65.6 Å². The van der Waals surface area contributed by atoms with Gasteiger partial charge < -0.3 is 14.6 Å². The highest BCUT2D eigenvalue weighted by molar-refractivity contribution is 6.08. The number of amides is 2. The van der Waals surface area contributed by atoms with Gasteiger partial charge in [-0.1, -0.05) is 6.07 Å². The van der Waals surface area contributed by atoms with Crippen LogP contribution in [0.5, 0.6) is 0 Å². The van der Waals surface area contributed by atoms with E-state index in [1.165, 1.54) is 0 Å². The van der Waals surface area contributed by atoms with Crippen molar-refractivity contribution in [3.05, 3.63) is 23.9 Å². The lowest BCUT2D eigenvalue weighted by Gasteiger charge is -2.28. The second kappa shape index (κ2) is 8.29. The van der Waals surface area contributed by atoms with Gasteiger partial charge in [0.15, 0.2) is 0 Å². The standard InChI is InChI=1S/C18H28N2O5/c1-17(2,3)24-15(22)20(16(23)25-18(4,5)6)14-10-9-13(12-19-14)8-7-11-21/h9-10,12,21H,7-8,11H2,1-6H3. The largest absolute Gasteiger partial charge is 0.443 e. The van der Waals surface area contributed by atoms with Crippen LogP contribution in [0.2, 0.25) is 0 Å². The van der Waals surface area contributed by atoms with Crippen LogP contribution in [-0.4, -0.2) is 40.1 Å². The van der Waals surface area contributed by atoms with E-state index >= 15 is 0 Å². The highest BCUT2D eigenvalue weighted by atomic mass is 16.6. The summed E-state index contributed by atoms with van der Waals surface area (Å²) in [4.78, 5) is 29.9. The predicted molar refractivity (Wildman–Crippen MR) is 94.6 cm³/mol. The molecule has 0 saturated carbocycles. The van der Waals surface area contributed by atoms with Gasteiger partial charge in [-0.2, -0.15) is 4.90 Å². The van der Waals surface area contributed by atoms with Crippen molar-refractivity contribution < 1.29 is 24.2 Å². The molecule has 1 rings (SSSR count). The Balaban J connectivity index is 3.08. The van der Waals surface area contributed by atoms with Gasteiger partial charge in [-0.25, -0.2) is 14.6 Å². The Hall–Kier alpha value is -2.15. The van der Waals surface area contributed by atoms with Crippen molar-refractivity contribution >= 4 is 18.0 Å². The molecule has 0 unspecified atom stereocenters. The monoisotopic (exact) mass is 352 g/mol. The van der Waals surface area contributed by atoms with Crippen molar-refractivity contribution in [1.82, 2.24) is 4.98 Å². The number of carbonyl (C=O) groups is 2. The average Bonchev–Trinajstić information content (AvgIpc) is 2.42. The first-order valence-electron chi connectivity index (χ1n) is 8.25. The van der Waals surface area contributed by atoms with E-state index in [1.807, 2.05) is 0 Å². The van der Waals surface area contributed by atoms with Crippen molar-refractivity contribution in [2.24, 2.45) is 0 Å². The Bertz CT molecular complexity index is 557. The molecule has 1 aromatic rings. The minimum Gasteiger partial charge on any atom is -0.443 e. The van der Waals surface area contributed by atoms with Crippen LogP contribution in [-0.2, 0) is 15.9 Å². The fraction of sp³-hybridized carbons (Fsp3) is 0.611. The van der Waals surface area contributed by atoms with Gasteiger partial charge in [0.25, 0.3) is 0 Å². The number of anilines is 1. The van der Waals surface area contributed by atoms with Gasteiger partial charge in [-0.15, -0.1) is 0 Å². The molecule has 0 aliphatic heterocycles. The first-order valence-corrected chi connectivity index (χ1v) is 8.25. The highest BCUT2D eigenvalue weighted by Gasteiger charge is 2.33. The molecule has 0 atom stereocenters. The molecule has 0 aliphatic rings. The van der Waals surface area contributed by atoms with Gasteiger partial charge in [0.1, 0.15) is 17.0 Å². The fourth-order valence-electron chi connectivity index (χ4n) is 1.86. The van der Waals surface area contributed by atoms with Gasteiger partial charge in [-0.3, -0.25) is 0 Å². The zero-order valence-corrected chi connectivity index (χ0v) is 15.8. The maximum Gasteiger partial charge on any atom is 0.425 e. The third-order valence-electron chi connectivity index (χ3n) is 2.81. The number of aliphatic hydroxyl groups excluding tert-OH is 1. The Kier molecular flexibility index (Phi) is 6.93. The number of hydrogen-bond acceptors (Lipinski definition) is 6. The predicted octanol–water partition coefficient (Wildman–Crippen LogP) is 3.68. The Morgan fingerprint density at radius 3 is 1.92 bits per heavy atom. The van der Waals surface area contributed by atoms with E-state index in [2.05, 4.69) is 4.98 Å². The molecule has 7 nitrogen and oxygen atoms in total. The number of hydrogen-bond donors (Lipinski definition) is 1. The molecule has 1 N–H and O–H groups in total. The first-order chi connectivity index (χ1) is 11.4. The Morgan fingerprint density at radius 1 is 1.04 bits per heavy atom. The van der Waals surface area contributed by atoms with Crippen LogP contribution in [0.1, 0.15) is 53.5 Å². The number of imide groups is 1. The van der Waals surface area contributed by atoms with Gasteiger partial charge in [0.05, 0.1) is 0 Å². The average molecular weight is 352 g/mol. The maximum atomic E-state index is 12.5. The minimum absolute atomic E-state index is 0.0870. The summed E-state index contributed by atoms with van der Waals surface area (Å²) in [5, 5.41) is 8.88. The van der Waals surface area contributed by atoms with Gasteiger partial charge >= 0.3 is 12.2 Å². The summed E-state index contributed by atoms with van der Waals surface area (Å²) in [5.41, 5.74) is -0.636. The summed E-state index contributed by atoms with van der Waals surface area (Å²) in [6.07, 6.45) is 1.13.